The van der Waals surface area contributed by atoms with Gasteiger partial charge in [0.25, 0.3) is 6.71 Å². The van der Waals surface area contributed by atoms with E-state index in [9.17, 15) is 0 Å². The first-order valence-electron chi connectivity index (χ1n) is 28.4. The Morgan fingerprint density at radius 1 is 0.507 bits per heavy atom. The first kappa shape index (κ1) is 46.1. The van der Waals surface area contributed by atoms with E-state index in [1.807, 2.05) is 0 Å². The summed E-state index contributed by atoms with van der Waals surface area (Å²) in [5.41, 5.74) is 28.6. The highest BCUT2D eigenvalue weighted by atomic mass is 15.3. The van der Waals surface area contributed by atoms with Crippen LogP contribution < -0.4 is 26.2 Å². The molecule has 1 saturated carbocycles. The van der Waals surface area contributed by atoms with E-state index in [-0.39, 0.29) is 50.2 Å². The Hall–Kier alpha value is -5.48. The highest BCUT2D eigenvalue weighted by Gasteiger charge is 2.61. The number of rotatable bonds is 3. The minimum atomic E-state index is -0.177. The molecular weight excluding hydrogens is 882 g/mol. The topological polar surface area (TPSA) is 11.4 Å². The highest BCUT2D eigenvalue weighted by Crippen LogP contribution is 2.63. The van der Waals surface area contributed by atoms with Gasteiger partial charge >= 0.3 is 0 Å². The number of fused-ring (bicyclic) bond motifs is 14. The lowest BCUT2D eigenvalue weighted by Crippen LogP contribution is -2.64. The van der Waals surface area contributed by atoms with Crippen LogP contribution in [0.5, 0.6) is 0 Å². The molecule has 4 heterocycles. The Bertz CT molecular complexity index is 3520. The van der Waals surface area contributed by atoms with Crippen molar-refractivity contribution in [3.05, 3.63) is 148 Å². The Balaban J connectivity index is 1.15. The van der Waals surface area contributed by atoms with Gasteiger partial charge in [0.2, 0.25) is 0 Å². The molecule has 372 valence electrons. The smallest absolute Gasteiger partial charge is 0.252 e. The van der Waals surface area contributed by atoms with Crippen molar-refractivity contribution >= 4 is 62.4 Å². The molecular formula is C69H78BN3. The van der Waals surface area contributed by atoms with E-state index >= 15 is 0 Å². The van der Waals surface area contributed by atoms with Crippen molar-refractivity contribution in [2.45, 2.75) is 199 Å². The molecule has 3 nitrogen and oxygen atoms in total. The minimum Gasteiger partial charge on any atom is -0.335 e. The van der Waals surface area contributed by atoms with E-state index in [4.69, 9.17) is 0 Å². The van der Waals surface area contributed by atoms with Crippen molar-refractivity contribution in [2.24, 2.45) is 0 Å². The summed E-state index contributed by atoms with van der Waals surface area (Å²) in [6, 6.07) is 42.7. The Morgan fingerprint density at radius 2 is 1.08 bits per heavy atom. The summed E-state index contributed by atoms with van der Waals surface area (Å²) >= 11 is 0. The summed E-state index contributed by atoms with van der Waals surface area (Å²) in [4.78, 5) is 5.65. The maximum atomic E-state index is 2.95. The lowest BCUT2D eigenvalue weighted by atomic mass is 9.33. The number of para-hydroxylation sites is 1. The van der Waals surface area contributed by atoms with Gasteiger partial charge in [-0.1, -0.05) is 170 Å². The molecule has 0 saturated heterocycles. The maximum Gasteiger partial charge on any atom is 0.252 e. The molecule has 7 aromatic rings. The van der Waals surface area contributed by atoms with Gasteiger partial charge in [0, 0.05) is 55.7 Å². The van der Waals surface area contributed by atoms with E-state index in [0.29, 0.717) is 0 Å². The first-order chi connectivity index (χ1) is 34.3. The molecule has 0 spiro atoms. The normalized spacial score (nSPS) is 24.3. The molecule has 1 aromatic heterocycles. The van der Waals surface area contributed by atoms with Gasteiger partial charge in [-0.05, 0) is 176 Å². The number of hydrogen-bond donors (Lipinski definition) is 0. The second kappa shape index (κ2) is 14.1. The summed E-state index contributed by atoms with van der Waals surface area (Å²) < 4.78 is 2.81. The zero-order valence-corrected chi connectivity index (χ0v) is 46.9. The fourth-order valence-electron chi connectivity index (χ4n) is 16.8. The summed E-state index contributed by atoms with van der Waals surface area (Å²) in [5, 5.41) is 1.43. The van der Waals surface area contributed by atoms with Gasteiger partial charge < -0.3 is 14.4 Å². The number of hydrogen-bond acceptors (Lipinski definition) is 2. The molecule has 4 heteroatoms. The van der Waals surface area contributed by atoms with Crippen LogP contribution in [0.3, 0.4) is 0 Å². The van der Waals surface area contributed by atoms with Crippen molar-refractivity contribution in [1.82, 2.24) is 4.57 Å². The summed E-state index contributed by atoms with van der Waals surface area (Å²) in [6.07, 6.45) is 9.67. The lowest BCUT2D eigenvalue weighted by molar-refractivity contribution is 0.195. The molecule has 6 aromatic carbocycles. The molecule has 7 aliphatic rings. The van der Waals surface area contributed by atoms with Gasteiger partial charge in [0.15, 0.2) is 0 Å². The number of anilines is 5. The van der Waals surface area contributed by atoms with E-state index in [1.165, 1.54) is 163 Å². The molecule has 0 N–H and O–H groups in total. The van der Waals surface area contributed by atoms with Crippen LogP contribution >= 0.6 is 0 Å². The highest BCUT2D eigenvalue weighted by molar-refractivity contribution is 7.00. The summed E-state index contributed by atoms with van der Waals surface area (Å²) in [7, 11) is 0. The fraction of sp³-hybridized carbons (Fsp3) is 0.449. The van der Waals surface area contributed by atoms with Crippen LogP contribution in [-0.2, 0) is 37.9 Å². The second-order valence-electron chi connectivity index (χ2n) is 29.0. The number of aromatic nitrogens is 1. The second-order valence-corrected chi connectivity index (χ2v) is 29.0. The third-order valence-corrected chi connectivity index (χ3v) is 21.6. The molecule has 0 bridgehead atoms. The van der Waals surface area contributed by atoms with Crippen molar-refractivity contribution in [3.63, 3.8) is 0 Å². The zero-order chi connectivity index (χ0) is 51.1. The Morgan fingerprint density at radius 3 is 1.71 bits per heavy atom. The van der Waals surface area contributed by atoms with Crippen LogP contribution in [0, 0.1) is 0 Å². The molecule has 1 fully saturated rings. The third-order valence-electron chi connectivity index (χ3n) is 21.6. The molecule has 73 heavy (non-hydrogen) atoms. The van der Waals surface area contributed by atoms with E-state index in [2.05, 4.69) is 221 Å². The van der Waals surface area contributed by atoms with Crippen molar-refractivity contribution in [3.8, 4) is 16.9 Å². The monoisotopic (exact) mass is 960 g/mol. The molecule has 14 rings (SSSR count). The van der Waals surface area contributed by atoms with Crippen LogP contribution in [0.1, 0.15) is 200 Å². The van der Waals surface area contributed by atoms with Crippen LogP contribution in [0.4, 0.5) is 28.4 Å². The zero-order valence-electron chi connectivity index (χ0n) is 46.9. The molecule has 0 amide bonds. The van der Waals surface area contributed by atoms with Gasteiger partial charge in [0.05, 0.1) is 16.9 Å². The van der Waals surface area contributed by atoms with Crippen molar-refractivity contribution in [1.29, 1.82) is 0 Å². The Kier molecular flexibility index (Phi) is 8.88. The van der Waals surface area contributed by atoms with E-state index in [1.54, 1.807) is 5.56 Å². The van der Waals surface area contributed by atoms with Gasteiger partial charge in [0.1, 0.15) is 0 Å². The number of benzene rings is 6. The van der Waals surface area contributed by atoms with Gasteiger partial charge in [-0.15, -0.1) is 0 Å². The average molecular weight is 960 g/mol. The number of nitrogens with zero attached hydrogens (tertiary/aromatic N) is 3. The predicted octanol–water partition coefficient (Wildman–Crippen LogP) is 16.3. The molecule has 3 aliphatic heterocycles. The van der Waals surface area contributed by atoms with Crippen LogP contribution in [-0.4, -0.2) is 16.8 Å². The molecule has 4 aliphatic carbocycles. The minimum absolute atomic E-state index is 0.0164. The quantitative estimate of drug-likeness (QED) is 0.164. The predicted molar refractivity (Wildman–Crippen MR) is 312 cm³/mol. The molecule has 0 radical (unpaired) electrons. The summed E-state index contributed by atoms with van der Waals surface area (Å²) in [5.74, 6) is 0. The van der Waals surface area contributed by atoms with Crippen LogP contribution in [0.2, 0.25) is 0 Å². The standard InChI is InChI=1S/C69H78BN3/c1-62(2,3)41-35-46-57-60(45-21-16-17-22-47(45)67(57,12)13)72-55-39-44(40-56-58(55)70(54(36-41)59(46)72)53-24-20-23-50-61(53)73(56)69(15)30-19-18-29-68(50,69)14)71(42-25-27-48-51(37-42)65(8,9)33-31-63(48,4)5)43-26-28-49-52(38-43)66(10,11)34-32-64(49,6)7/h16-17,20-28,35-40H,18-19,29-34H2,1-15H3. The Labute approximate surface area is 437 Å². The molecule has 2 unspecified atom stereocenters. The average Bonchev–Trinajstić information content (AvgIpc) is 3.89. The fourth-order valence-corrected chi connectivity index (χ4v) is 16.8. The van der Waals surface area contributed by atoms with Crippen molar-refractivity contribution < 1.29 is 0 Å². The van der Waals surface area contributed by atoms with Crippen LogP contribution in [0.15, 0.2) is 103 Å². The molecule has 2 atom stereocenters. The largest absolute Gasteiger partial charge is 0.335 e. The lowest BCUT2D eigenvalue weighted by Gasteiger charge is -2.52. The van der Waals surface area contributed by atoms with Gasteiger partial charge in [-0.2, -0.15) is 0 Å². The first-order valence-corrected chi connectivity index (χ1v) is 28.4. The van der Waals surface area contributed by atoms with E-state index < -0.39 is 0 Å². The SMILES string of the molecule is CC(C)(C)c1cc2c3c(c1)c1c(n3-c3cc(N(c4ccc5c(c4)C(C)(C)CCC5(C)C)c4ccc5c(c4)C(C)(C)CCC5(C)C)cc4c3B2c2cccc3c2N4C2(C)CCCCC32C)-c2ccccc2C1(C)C. The third kappa shape index (κ3) is 5.75. The summed E-state index contributed by atoms with van der Waals surface area (Å²) in [6.45, 7) is 37.5. The van der Waals surface area contributed by atoms with Crippen molar-refractivity contribution in [2.75, 3.05) is 9.80 Å². The van der Waals surface area contributed by atoms with Gasteiger partial charge in [-0.25, -0.2) is 0 Å². The van der Waals surface area contributed by atoms with Gasteiger partial charge in [-0.3, -0.25) is 0 Å². The van der Waals surface area contributed by atoms with Crippen LogP contribution in [0.25, 0.3) is 27.8 Å². The maximum absolute atomic E-state index is 2.95. The van der Waals surface area contributed by atoms with E-state index in [0.717, 1.165) is 0 Å².